The lowest BCUT2D eigenvalue weighted by Crippen LogP contribution is -2.48. The van der Waals surface area contributed by atoms with Crippen molar-refractivity contribution in [3.05, 3.63) is 29.8 Å². The van der Waals surface area contributed by atoms with E-state index in [9.17, 15) is 9.59 Å². The number of rotatable bonds is 5. The van der Waals surface area contributed by atoms with Gasteiger partial charge < -0.3 is 14.7 Å². The van der Waals surface area contributed by atoms with Crippen molar-refractivity contribution in [3.8, 4) is 5.75 Å². The first-order valence-corrected chi connectivity index (χ1v) is 8.42. The second kappa shape index (κ2) is 7.54. The molecule has 0 spiro atoms. The van der Waals surface area contributed by atoms with Gasteiger partial charge in [-0.15, -0.1) is 0 Å². The number of carboxylic acids is 1. The lowest BCUT2D eigenvalue weighted by atomic mass is 9.98. The maximum absolute atomic E-state index is 12.8. The minimum Gasteiger partial charge on any atom is -0.497 e. The molecule has 1 aliphatic heterocycles. The molecule has 2 rings (SSSR count). The van der Waals surface area contributed by atoms with Gasteiger partial charge in [-0.25, -0.2) is 0 Å². The highest BCUT2D eigenvalue weighted by atomic mass is 32.2. The zero-order valence-corrected chi connectivity index (χ0v) is 13.6. The quantitative estimate of drug-likeness (QED) is 0.900. The van der Waals surface area contributed by atoms with Crippen LogP contribution in [-0.2, 0) is 9.59 Å². The smallest absolute Gasteiger partial charge is 0.305 e. The average molecular weight is 323 g/mol. The average Bonchev–Trinajstić information content (AvgIpc) is 2.53. The number of nitrogens with zero attached hydrogens (tertiary/aromatic N) is 1. The van der Waals surface area contributed by atoms with Crippen molar-refractivity contribution < 1.29 is 19.4 Å². The van der Waals surface area contributed by atoms with E-state index in [-0.39, 0.29) is 24.3 Å². The third-order valence-corrected chi connectivity index (χ3v) is 4.98. The standard InChI is InChI=1S/C16H21NO4S/c1-11(12-4-3-5-14(8-12)21-2)16(20)17-6-7-22-10-13(17)9-15(18)19/h3-5,8,11,13H,6-7,9-10H2,1-2H3,(H,18,19). The number of carbonyl (C=O) groups excluding carboxylic acids is 1. The van der Waals surface area contributed by atoms with Crippen LogP contribution in [0, 0.1) is 0 Å². The van der Waals surface area contributed by atoms with E-state index in [1.54, 1.807) is 23.8 Å². The summed E-state index contributed by atoms with van der Waals surface area (Å²) in [6.45, 7) is 2.46. The second-order valence-corrected chi connectivity index (χ2v) is 6.51. The van der Waals surface area contributed by atoms with Gasteiger partial charge in [-0.1, -0.05) is 12.1 Å². The van der Waals surface area contributed by atoms with Gasteiger partial charge in [-0.05, 0) is 24.6 Å². The highest BCUT2D eigenvalue weighted by molar-refractivity contribution is 7.99. The summed E-state index contributed by atoms with van der Waals surface area (Å²) in [4.78, 5) is 25.5. The van der Waals surface area contributed by atoms with Gasteiger partial charge in [-0.2, -0.15) is 11.8 Å². The molecule has 2 unspecified atom stereocenters. The Morgan fingerprint density at radius 3 is 2.95 bits per heavy atom. The molecule has 1 aromatic carbocycles. The monoisotopic (exact) mass is 323 g/mol. The topological polar surface area (TPSA) is 66.8 Å². The van der Waals surface area contributed by atoms with E-state index in [0.29, 0.717) is 18.0 Å². The van der Waals surface area contributed by atoms with Gasteiger partial charge >= 0.3 is 5.97 Å². The predicted molar refractivity (Wildman–Crippen MR) is 86.5 cm³/mol. The molecular formula is C16H21NO4S. The van der Waals surface area contributed by atoms with E-state index < -0.39 is 5.97 Å². The third kappa shape index (κ3) is 3.94. The zero-order valence-electron chi connectivity index (χ0n) is 12.8. The summed E-state index contributed by atoms with van der Waals surface area (Å²) in [6.07, 6.45) is 0.00354. The summed E-state index contributed by atoms with van der Waals surface area (Å²) < 4.78 is 5.20. The fraction of sp³-hybridized carbons (Fsp3) is 0.500. The number of benzene rings is 1. The summed E-state index contributed by atoms with van der Waals surface area (Å²) in [5.74, 6) is 1.07. The maximum Gasteiger partial charge on any atom is 0.305 e. The Morgan fingerprint density at radius 2 is 2.27 bits per heavy atom. The van der Waals surface area contributed by atoms with E-state index in [2.05, 4.69) is 0 Å². The summed E-state index contributed by atoms with van der Waals surface area (Å²) in [5, 5.41) is 9.03. The summed E-state index contributed by atoms with van der Waals surface area (Å²) in [5.41, 5.74) is 0.886. The van der Waals surface area contributed by atoms with Crippen molar-refractivity contribution in [1.29, 1.82) is 0 Å². The lowest BCUT2D eigenvalue weighted by molar-refractivity contribution is -0.140. The van der Waals surface area contributed by atoms with Crippen molar-refractivity contribution in [1.82, 2.24) is 4.90 Å². The molecule has 0 bridgehead atoms. The Hall–Kier alpha value is -1.69. The van der Waals surface area contributed by atoms with Crippen LogP contribution in [0.25, 0.3) is 0 Å². The fourth-order valence-electron chi connectivity index (χ4n) is 2.62. The van der Waals surface area contributed by atoms with Crippen LogP contribution in [0.1, 0.15) is 24.8 Å². The Morgan fingerprint density at radius 1 is 1.50 bits per heavy atom. The molecule has 0 aliphatic carbocycles. The molecule has 0 saturated carbocycles. The van der Waals surface area contributed by atoms with Crippen molar-refractivity contribution in [2.45, 2.75) is 25.3 Å². The predicted octanol–water partition coefficient (Wildman–Crippen LogP) is 2.22. The number of ether oxygens (including phenoxy) is 1. The summed E-state index contributed by atoms with van der Waals surface area (Å²) in [7, 11) is 1.59. The first-order chi connectivity index (χ1) is 10.5. The summed E-state index contributed by atoms with van der Waals surface area (Å²) in [6, 6.07) is 7.23. The molecule has 1 aliphatic rings. The second-order valence-electron chi connectivity index (χ2n) is 5.36. The molecule has 0 aromatic heterocycles. The normalized spacial score (nSPS) is 19.5. The number of hydrogen-bond acceptors (Lipinski definition) is 4. The molecule has 6 heteroatoms. The Labute approximate surface area is 134 Å². The van der Waals surface area contributed by atoms with Crippen LogP contribution in [0.2, 0.25) is 0 Å². The molecule has 1 saturated heterocycles. The van der Waals surface area contributed by atoms with E-state index in [1.807, 2.05) is 31.2 Å². The van der Waals surface area contributed by atoms with E-state index in [1.165, 1.54) is 0 Å². The van der Waals surface area contributed by atoms with Gasteiger partial charge in [0.2, 0.25) is 5.91 Å². The molecule has 1 heterocycles. The summed E-state index contributed by atoms with van der Waals surface area (Å²) >= 11 is 1.70. The number of amides is 1. The molecule has 5 nitrogen and oxygen atoms in total. The zero-order chi connectivity index (χ0) is 16.1. The molecule has 1 amide bonds. The number of thioether (sulfide) groups is 1. The van der Waals surface area contributed by atoms with Crippen LogP contribution in [0.15, 0.2) is 24.3 Å². The van der Waals surface area contributed by atoms with Gasteiger partial charge in [-0.3, -0.25) is 9.59 Å². The molecule has 1 N–H and O–H groups in total. The number of hydrogen-bond donors (Lipinski definition) is 1. The van der Waals surface area contributed by atoms with Gasteiger partial charge in [0.15, 0.2) is 0 Å². The SMILES string of the molecule is COc1cccc(C(C)C(=O)N2CCSCC2CC(=O)O)c1. The van der Waals surface area contributed by atoms with Crippen LogP contribution in [-0.4, -0.2) is 53.1 Å². The first kappa shape index (κ1) is 16.7. The number of carbonyl (C=O) groups is 2. The molecule has 120 valence electrons. The first-order valence-electron chi connectivity index (χ1n) is 7.27. The number of methoxy groups -OCH3 is 1. The number of aliphatic carboxylic acids is 1. The molecule has 1 aromatic rings. The minimum absolute atomic E-state index is 0.00354. The van der Waals surface area contributed by atoms with Crippen molar-refractivity contribution in [3.63, 3.8) is 0 Å². The van der Waals surface area contributed by atoms with E-state index in [0.717, 1.165) is 11.3 Å². The van der Waals surface area contributed by atoms with E-state index >= 15 is 0 Å². The Bertz CT molecular complexity index is 549. The highest BCUT2D eigenvalue weighted by Crippen LogP contribution is 2.26. The number of carboxylic acid groups (broad SMARTS) is 1. The van der Waals surface area contributed by atoms with Crippen LogP contribution in [0.4, 0.5) is 0 Å². The lowest BCUT2D eigenvalue weighted by Gasteiger charge is -2.36. The molecular weight excluding hydrogens is 302 g/mol. The van der Waals surface area contributed by atoms with Crippen LogP contribution in [0.3, 0.4) is 0 Å². The van der Waals surface area contributed by atoms with Gasteiger partial charge in [0.05, 0.1) is 25.5 Å². The minimum atomic E-state index is -0.862. The Balaban J connectivity index is 2.15. The molecule has 2 atom stereocenters. The van der Waals surface area contributed by atoms with Crippen LogP contribution >= 0.6 is 11.8 Å². The maximum atomic E-state index is 12.8. The van der Waals surface area contributed by atoms with Gasteiger partial charge in [0.1, 0.15) is 5.75 Å². The van der Waals surface area contributed by atoms with Crippen molar-refractivity contribution in [2.75, 3.05) is 25.2 Å². The van der Waals surface area contributed by atoms with Gasteiger partial charge in [0, 0.05) is 18.1 Å². The molecule has 0 radical (unpaired) electrons. The van der Waals surface area contributed by atoms with E-state index in [4.69, 9.17) is 9.84 Å². The largest absolute Gasteiger partial charge is 0.497 e. The van der Waals surface area contributed by atoms with Crippen LogP contribution in [0.5, 0.6) is 5.75 Å². The Kier molecular flexibility index (Phi) is 5.71. The molecule has 22 heavy (non-hydrogen) atoms. The van der Waals surface area contributed by atoms with Crippen LogP contribution < -0.4 is 4.74 Å². The fourth-order valence-corrected chi connectivity index (χ4v) is 3.68. The third-order valence-electron chi connectivity index (χ3n) is 3.89. The van der Waals surface area contributed by atoms with Crippen molar-refractivity contribution in [2.24, 2.45) is 0 Å². The molecule has 1 fully saturated rings. The van der Waals surface area contributed by atoms with Gasteiger partial charge in [0.25, 0.3) is 0 Å². The highest BCUT2D eigenvalue weighted by Gasteiger charge is 2.31. The van der Waals surface area contributed by atoms with Crippen molar-refractivity contribution >= 4 is 23.6 Å².